The molecule has 0 aromatic heterocycles. The van der Waals surface area contributed by atoms with E-state index in [0.717, 1.165) is 50.1 Å². The minimum atomic E-state index is -0.966. The Labute approximate surface area is 196 Å². The number of nitrogens with zero attached hydrogens (tertiary/aromatic N) is 2. The van der Waals surface area contributed by atoms with Crippen LogP contribution in [0, 0.1) is 28.2 Å². The van der Waals surface area contributed by atoms with E-state index in [1.165, 1.54) is 11.1 Å². The highest BCUT2D eigenvalue weighted by molar-refractivity contribution is 5.63. The lowest BCUT2D eigenvalue weighted by molar-refractivity contribution is -0.309. The molecule has 2 heterocycles. The molecule has 6 heteroatoms. The zero-order chi connectivity index (χ0) is 23.6. The lowest BCUT2D eigenvalue weighted by Gasteiger charge is -2.75. The zero-order valence-electron chi connectivity index (χ0n) is 20.7. The maximum absolute atomic E-state index is 12.1. The van der Waals surface area contributed by atoms with Crippen LogP contribution in [0.1, 0.15) is 64.5 Å². The summed E-state index contributed by atoms with van der Waals surface area (Å²) in [6.07, 6.45) is 6.68. The average Bonchev–Trinajstić information content (AvgIpc) is 3.15. The Balaban J connectivity index is 1.66. The van der Waals surface area contributed by atoms with Crippen molar-refractivity contribution in [3.05, 3.63) is 23.3 Å². The van der Waals surface area contributed by atoms with E-state index in [-0.39, 0.29) is 34.3 Å². The number of nitriles is 1. The lowest BCUT2D eigenvalue weighted by Crippen LogP contribution is -2.83. The number of piperidine rings is 1. The van der Waals surface area contributed by atoms with Gasteiger partial charge in [-0.1, -0.05) is 26.8 Å². The molecule has 178 valence electrons. The second-order valence-electron chi connectivity index (χ2n) is 12.3. The standard InChI is InChI=1S/C27H36N2O4/c1-23(2,3)24(4,30)18-14-25-9-10-27(18,32-6)22-26(25)11-12-29(15-28)19(25)13-16-7-8-17(31-5)21(33-22)20(16)26/h7-8,18-19,22,30H,9-14H2,1-6H3/t18-,19-,22-,24+,25-,26+,27-/m1/s1. The Morgan fingerprint density at radius 1 is 1.18 bits per heavy atom. The van der Waals surface area contributed by atoms with Gasteiger partial charge in [0.15, 0.2) is 17.7 Å². The summed E-state index contributed by atoms with van der Waals surface area (Å²) in [6, 6.07) is 4.30. The SMILES string of the molecule is COc1ccc2c3c1O[C@H]1[C@@]4(OC)CC[C@@]5(C[C@@H]4[C@](C)(O)C(C)(C)C)[C@@H](C2)N(C#N)CC[C@]315. The summed E-state index contributed by atoms with van der Waals surface area (Å²) >= 11 is 0. The van der Waals surface area contributed by atoms with Crippen LogP contribution in [0.5, 0.6) is 11.5 Å². The van der Waals surface area contributed by atoms with Crippen LogP contribution in [0.25, 0.3) is 0 Å². The first-order valence-electron chi connectivity index (χ1n) is 12.3. The smallest absolute Gasteiger partial charge is 0.179 e. The number of hydrogen-bond acceptors (Lipinski definition) is 6. The molecular weight excluding hydrogens is 416 g/mol. The molecule has 0 amide bonds. The van der Waals surface area contributed by atoms with Crippen LogP contribution in [-0.4, -0.2) is 54.1 Å². The predicted molar refractivity (Wildman–Crippen MR) is 123 cm³/mol. The van der Waals surface area contributed by atoms with Gasteiger partial charge in [0, 0.05) is 42.0 Å². The van der Waals surface area contributed by atoms with Crippen molar-refractivity contribution in [1.82, 2.24) is 4.90 Å². The van der Waals surface area contributed by atoms with Crippen molar-refractivity contribution in [1.29, 1.82) is 5.26 Å². The average molecular weight is 453 g/mol. The molecule has 0 unspecified atom stereocenters. The molecule has 1 saturated heterocycles. The number of rotatable bonds is 3. The third kappa shape index (κ3) is 2.10. The summed E-state index contributed by atoms with van der Waals surface area (Å²) in [5, 5.41) is 22.2. The minimum Gasteiger partial charge on any atom is -0.493 e. The molecule has 4 aliphatic carbocycles. The van der Waals surface area contributed by atoms with E-state index in [9.17, 15) is 10.4 Å². The number of hydrogen-bond donors (Lipinski definition) is 1. The van der Waals surface area contributed by atoms with Gasteiger partial charge in [-0.2, -0.15) is 5.26 Å². The Hall–Kier alpha value is -1.97. The van der Waals surface area contributed by atoms with Gasteiger partial charge in [-0.3, -0.25) is 0 Å². The molecule has 1 N–H and O–H groups in total. The monoisotopic (exact) mass is 452 g/mol. The van der Waals surface area contributed by atoms with Crippen LogP contribution in [0.4, 0.5) is 0 Å². The van der Waals surface area contributed by atoms with E-state index in [1.54, 1.807) is 14.2 Å². The summed E-state index contributed by atoms with van der Waals surface area (Å²) in [5.41, 5.74) is 0.315. The van der Waals surface area contributed by atoms with Gasteiger partial charge >= 0.3 is 0 Å². The molecule has 4 fully saturated rings. The van der Waals surface area contributed by atoms with Crippen LogP contribution in [0.15, 0.2) is 12.1 Å². The first-order valence-corrected chi connectivity index (χ1v) is 12.3. The Bertz CT molecular complexity index is 1070. The van der Waals surface area contributed by atoms with Crippen LogP contribution in [0.2, 0.25) is 0 Å². The predicted octanol–water partition coefficient (Wildman–Crippen LogP) is 3.79. The normalized spacial score (nSPS) is 41.6. The van der Waals surface area contributed by atoms with Gasteiger partial charge in [-0.05, 0) is 56.1 Å². The van der Waals surface area contributed by atoms with E-state index < -0.39 is 11.2 Å². The van der Waals surface area contributed by atoms with Gasteiger partial charge in [-0.25, -0.2) is 0 Å². The number of ether oxygens (including phenoxy) is 3. The summed E-state index contributed by atoms with van der Waals surface area (Å²) in [7, 11) is 3.50. The maximum Gasteiger partial charge on any atom is 0.179 e. The van der Waals surface area contributed by atoms with Crippen molar-refractivity contribution >= 4 is 0 Å². The molecule has 3 saturated carbocycles. The zero-order valence-corrected chi connectivity index (χ0v) is 20.7. The van der Waals surface area contributed by atoms with Crippen molar-refractivity contribution in [3.8, 4) is 17.7 Å². The highest BCUT2D eigenvalue weighted by Gasteiger charge is 2.82. The molecule has 0 radical (unpaired) electrons. The number of methoxy groups -OCH3 is 2. The van der Waals surface area contributed by atoms with E-state index in [2.05, 4.69) is 33.0 Å². The third-order valence-corrected chi connectivity index (χ3v) is 10.9. The molecule has 7 atom stereocenters. The maximum atomic E-state index is 12.1. The van der Waals surface area contributed by atoms with Gasteiger partial charge in [0.25, 0.3) is 0 Å². The van der Waals surface area contributed by atoms with E-state index in [4.69, 9.17) is 14.2 Å². The van der Waals surface area contributed by atoms with Crippen LogP contribution >= 0.6 is 0 Å². The van der Waals surface area contributed by atoms with Crippen LogP contribution in [-0.2, 0) is 16.6 Å². The summed E-state index contributed by atoms with van der Waals surface area (Å²) in [5.74, 6) is 1.54. The molecule has 6 nitrogen and oxygen atoms in total. The fraction of sp³-hybridized carbons (Fsp3) is 0.741. The topological polar surface area (TPSA) is 75.0 Å². The number of aliphatic hydroxyl groups is 1. The van der Waals surface area contributed by atoms with Crippen molar-refractivity contribution in [2.45, 2.75) is 88.6 Å². The minimum absolute atomic E-state index is 0.107. The molecule has 6 aliphatic rings. The molecule has 2 spiro atoms. The summed E-state index contributed by atoms with van der Waals surface area (Å²) in [4.78, 5) is 2.03. The molecule has 1 aromatic rings. The van der Waals surface area contributed by atoms with E-state index in [1.807, 2.05) is 17.9 Å². The molecule has 1 aromatic carbocycles. The van der Waals surface area contributed by atoms with Crippen molar-refractivity contribution < 1.29 is 19.3 Å². The molecule has 33 heavy (non-hydrogen) atoms. The first-order chi connectivity index (χ1) is 15.5. The number of fused-ring (bicyclic) bond motifs is 2. The Morgan fingerprint density at radius 2 is 1.94 bits per heavy atom. The highest BCUT2D eigenvalue weighted by Crippen LogP contribution is 2.77. The van der Waals surface area contributed by atoms with Crippen LogP contribution < -0.4 is 9.47 Å². The Morgan fingerprint density at radius 3 is 2.58 bits per heavy atom. The summed E-state index contributed by atoms with van der Waals surface area (Å²) in [6.45, 7) is 9.05. The fourth-order valence-corrected chi connectivity index (χ4v) is 8.91. The van der Waals surface area contributed by atoms with Crippen molar-refractivity contribution in [2.24, 2.45) is 16.7 Å². The van der Waals surface area contributed by atoms with Crippen molar-refractivity contribution in [2.75, 3.05) is 20.8 Å². The third-order valence-electron chi connectivity index (χ3n) is 10.9. The second-order valence-corrected chi connectivity index (χ2v) is 12.3. The van der Waals surface area contributed by atoms with Gasteiger partial charge in [-0.15, -0.1) is 0 Å². The quantitative estimate of drug-likeness (QED) is 0.704. The van der Waals surface area contributed by atoms with Gasteiger partial charge < -0.3 is 24.2 Å². The lowest BCUT2D eigenvalue weighted by atomic mass is 9.33. The van der Waals surface area contributed by atoms with Crippen LogP contribution in [0.3, 0.4) is 0 Å². The van der Waals surface area contributed by atoms with Gasteiger partial charge in [0.05, 0.1) is 12.7 Å². The fourth-order valence-electron chi connectivity index (χ4n) is 8.91. The summed E-state index contributed by atoms with van der Waals surface area (Å²) < 4.78 is 19.3. The highest BCUT2D eigenvalue weighted by atomic mass is 16.6. The van der Waals surface area contributed by atoms with E-state index in [0.29, 0.717) is 0 Å². The molecular formula is C27H36N2O4. The number of benzene rings is 1. The molecule has 2 aliphatic heterocycles. The van der Waals surface area contributed by atoms with Gasteiger partial charge in [0.2, 0.25) is 0 Å². The largest absolute Gasteiger partial charge is 0.493 e. The first kappa shape index (κ1) is 21.6. The number of likely N-dealkylation sites (tertiary alicyclic amines) is 1. The Kier molecular flexibility index (Phi) is 4.03. The second kappa shape index (κ2) is 6.17. The van der Waals surface area contributed by atoms with Crippen molar-refractivity contribution in [3.63, 3.8) is 0 Å². The molecule has 7 rings (SSSR count). The molecule has 4 bridgehead atoms. The van der Waals surface area contributed by atoms with Gasteiger partial charge in [0.1, 0.15) is 11.7 Å². The van der Waals surface area contributed by atoms with E-state index >= 15 is 0 Å².